The van der Waals surface area contributed by atoms with Crippen LogP contribution in [-0.2, 0) is 5.75 Å². The first-order valence-electron chi connectivity index (χ1n) is 5.25. The van der Waals surface area contributed by atoms with Crippen molar-refractivity contribution >= 4 is 23.4 Å². The van der Waals surface area contributed by atoms with Crippen LogP contribution in [0, 0.1) is 10.1 Å². The molecule has 2 rings (SSSR count). The average Bonchev–Trinajstić information content (AvgIpc) is 2.85. The number of furan rings is 1. The summed E-state index contributed by atoms with van der Waals surface area (Å²) in [7, 11) is 0. The summed E-state index contributed by atoms with van der Waals surface area (Å²) >= 11 is 1.20. The molecule has 0 aliphatic heterocycles. The number of rotatable bonds is 5. The van der Waals surface area contributed by atoms with Gasteiger partial charge in [-0.1, -0.05) is 12.1 Å². The van der Waals surface area contributed by atoms with E-state index >= 15 is 0 Å². The molecule has 0 unspecified atom stereocenters. The van der Waals surface area contributed by atoms with E-state index in [0.717, 1.165) is 0 Å². The Bertz CT molecular complexity index is 622. The molecular formula is C12H9NO5S. The molecule has 0 amide bonds. The van der Waals surface area contributed by atoms with Crippen LogP contribution in [-0.4, -0.2) is 16.0 Å². The van der Waals surface area contributed by atoms with Crippen molar-refractivity contribution < 1.29 is 19.2 Å². The number of thioether (sulfide) groups is 1. The Morgan fingerprint density at radius 1 is 1.37 bits per heavy atom. The molecule has 1 heterocycles. The lowest BCUT2D eigenvalue weighted by Crippen LogP contribution is -1.97. The number of benzene rings is 1. The van der Waals surface area contributed by atoms with E-state index in [0.29, 0.717) is 16.2 Å². The fourth-order valence-electron chi connectivity index (χ4n) is 1.52. The fraction of sp³-hybridized carbons (Fsp3) is 0.0833. The van der Waals surface area contributed by atoms with Gasteiger partial charge in [-0.05, 0) is 12.1 Å². The SMILES string of the molecule is O=C(O)c1occc1CSc1ccccc1[N+](=O)[O-]. The van der Waals surface area contributed by atoms with Gasteiger partial charge in [-0.25, -0.2) is 4.79 Å². The zero-order valence-electron chi connectivity index (χ0n) is 9.61. The molecule has 7 heteroatoms. The number of para-hydroxylation sites is 1. The Hall–Kier alpha value is -2.28. The Kier molecular flexibility index (Phi) is 3.86. The Morgan fingerprint density at radius 2 is 2.11 bits per heavy atom. The highest BCUT2D eigenvalue weighted by molar-refractivity contribution is 7.98. The molecule has 1 aromatic carbocycles. The van der Waals surface area contributed by atoms with Crippen molar-refractivity contribution in [2.75, 3.05) is 0 Å². The van der Waals surface area contributed by atoms with Gasteiger partial charge in [0.1, 0.15) is 0 Å². The van der Waals surface area contributed by atoms with E-state index in [9.17, 15) is 14.9 Å². The van der Waals surface area contributed by atoms with E-state index < -0.39 is 10.9 Å². The van der Waals surface area contributed by atoms with Crippen molar-refractivity contribution in [1.29, 1.82) is 0 Å². The van der Waals surface area contributed by atoms with Gasteiger partial charge in [0.2, 0.25) is 5.76 Å². The number of nitro groups is 1. The minimum Gasteiger partial charge on any atom is -0.475 e. The molecule has 2 aromatic rings. The van der Waals surface area contributed by atoms with Crippen LogP contribution in [0.4, 0.5) is 5.69 Å². The maximum atomic E-state index is 10.9. The smallest absolute Gasteiger partial charge is 0.372 e. The van der Waals surface area contributed by atoms with E-state index in [-0.39, 0.29) is 11.4 Å². The summed E-state index contributed by atoms with van der Waals surface area (Å²) < 4.78 is 4.85. The molecule has 0 atom stereocenters. The first-order chi connectivity index (χ1) is 9.09. The van der Waals surface area contributed by atoms with E-state index in [1.165, 1.54) is 24.1 Å². The fourth-order valence-corrected chi connectivity index (χ4v) is 2.53. The van der Waals surface area contributed by atoms with E-state index in [1.807, 2.05) is 0 Å². The van der Waals surface area contributed by atoms with Gasteiger partial charge in [0.25, 0.3) is 5.69 Å². The van der Waals surface area contributed by atoms with Crippen molar-refractivity contribution in [1.82, 2.24) is 0 Å². The topological polar surface area (TPSA) is 93.6 Å². The largest absolute Gasteiger partial charge is 0.475 e. The van der Waals surface area contributed by atoms with Crippen LogP contribution in [0.3, 0.4) is 0 Å². The number of aromatic carboxylic acids is 1. The van der Waals surface area contributed by atoms with Crippen LogP contribution in [0.2, 0.25) is 0 Å². The second-order valence-electron chi connectivity index (χ2n) is 3.59. The van der Waals surface area contributed by atoms with Crippen molar-refractivity contribution in [3.8, 4) is 0 Å². The predicted octanol–water partition coefficient (Wildman–Crippen LogP) is 3.18. The Labute approximate surface area is 112 Å². The number of hydrogen-bond donors (Lipinski definition) is 1. The molecule has 0 aliphatic rings. The zero-order chi connectivity index (χ0) is 13.8. The second kappa shape index (κ2) is 5.57. The third kappa shape index (κ3) is 2.94. The van der Waals surface area contributed by atoms with Crippen LogP contribution < -0.4 is 0 Å². The average molecular weight is 279 g/mol. The highest BCUT2D eigenvalue weighted by Crippen LogP contribution is 2.32. The zero-order valence-corrected chi connectivity index (χ0v) is 10.4. The number of hydrogen-bond acceptors (Lipinski definition) is 5. The standard InChI is InChI=1S/C12H9NO5S/c14-12(15)11-8(5-6-18-11)7-19-10-4-2-1-3-9(10)13(16)17/h1-6H,7H2,(H,14,15). The van der Waals surface area contributed by atoms with Crippen LogP contribution in [0.1, 0.15) is 16.1 Å². The summed E-state index contributed by atoms with van der Waals surface area (Å²) in [5.74, 6) is -0.988. The van der Waals surface area contributed by atoms with Crippen LogP contribution in [0.5, 0.6) is 0 Å². The number of nitro benzene ring substituents is 1. The van der Waals surface area contributed by atoms with E-state index in [4.69, 9.17) is 9.52 Å². The third-order valence-electron chi connectivity index (χ3n) is 2.39. The number of nitrogens with zero attached hydrogens (tertiary/aromatic N) is 1. The minimum atomic E-state index is -1.15. The van der Waals surface area contributed by atoms with Gasteiger partial charge in [0, 0.05) is 17.4 Å². The lowest BCUT2D eigenvalue weighted by molar-refractivity contribution is -0.387. The van der Waals surface area contributed by atoms with Crippen molar-refractivity contribution in [3.63, 3.8) is 0 Å². The Balaban J connectivity index is 2.17. The van der Waals surface area contributed by atoms with Crippen molar-refractivity contribution in [2.24, 2.45) is 0 Å². The summed E-state index contributed by atoms with van der Waals surface area (Å²) in [6.07, 6.45) is 1.29. The maximum Gasteiger partial charge on any atom is 0.372 e. The van der Waals surface area contributed by atoms with Crippen LogP contribution in [0.25, 0.3) is 0 Å². The van der Waals surface area contributed by atoms with Gasteiger partial charge in [-0.15, -0.1) is 11.8 Å². The van der Waals surface area contributed by atoms with Gasteiger partial charge in [-0.2, -0.15) is 0 Å². The van der Waals surface area contributed by atoms with E-state index in [1.54, 1.807) is 24.3 Å². The quantitative estimate of drug-likeness (QED) is 0.513. The maximum absolute atomic E-state index is 10.9. The minimum absolute atomic E-state index is 0.00729. The highest BCUT2D eigenvalue weighted by atomic mass is 32.2. The summed E-state index contributed by atoms with van der Waals surface area (Å²) in [5, 5.41) is 19.7. The summed E-state index contributed by atoms with van der Waals surface area (Å²) in [4.78, 5) is 21.7. The molecule has 0 bridgehead atoms. The molecule has 0 spiro atoms. The molecule has 0 saturated heterocycles. The highest BCUT2D eigenvalue weighted by Gasteiger charge is 2.17. The lowest BCUT2D eigenvalue weighted by Gasteiger charge is -2.02. The molecule has 0 saturated carbocycles. The third-order valence-corrected chi connectivity index (χ3v) is 3.50. The molecule has 0 aliphatic carbocycles. The lowest BCUT2D eigenvalue weighted by atomic mass is 10.3. The number of carbonyl (C=O) groups is 1. The Morgan fingerprint density at radius 3 is 2.79 bits per heavy atom. The molecule has 1 N–H and O–H groups in total. The van der Waals surface area contributed by atoms with E-state index in [2.05, 4.69) is 0 Å². The number of carboxylic acid groups (broad SMARTS) is 1. The van der Waals surface area contributed by atoms with Gasteiger partial charge >= 0.3 is 5.97 Å². The van der Waals surface area contributed by atoms with Gasteiger partial charge in [0.15, 0.2) is 0 Å². The molecule has 1 aromatic heterocycles. The first-order valence-corrected chi connectivity index (χ1v) is 6.24. The summed E-state index contributed by atoms with van der Waals surface area (Å²) in [6.45, 7) is 0. The second-order valence-corrected chi connectivity index (χ2v) is 4.61. The van der Waals surface area contributed by atoms with Gasteiger partial charge in [0.05, 0.1) is 16.1 Å². The predicted molar refractivity (Wildman–Crippen MR) is 68.3 cm³/mol. The normalized spacial score (nSPS) is 10.3. The summed E-state index contributed by atoms with van der Waals surface area (Å²) in [5.41, 5.74) is 0.503. The molecule has 98 valence electrons. The van der Waals surface area contributed by atoms with Crippen LogP contribution >= 0.6 is 11.8 Å². The van der Waals surface area contributed by atoms with Crippen molar-refractivity contribution in [2.45, 2.75) is 10.6 Å². The molecular weight excluding hydrogens is 270 g/mol. The summed E-state index contributed by atoms with van der Waals surface area (Å²) in [6, 6.07) is 7.87. The van der Waals surface area contributed by atoms with Gasteiger partial charge < -0.3 is 9.52 Å². The molecule has 0 radical (unpaired) electrons. The molecule has 19 heavy (non-hydrogen) atoms. The molecule has 6 nitrogen and oxygen atoms in total. The van der Waals surface area contributed by atoms with Gasteiger partial charge in [-0.3, -0.25) is 10.1 Å². The van der Waals surface area contributed by atoms with Crippen molar-refractivity contribution in [3.05, 3.63) is 58.0 Å². The number of carboxylic acids is 1. The van der Waals surface area contributed by atoms with Crippen LogP contribution in [0.15, 0.2) is 45.9 Å². The monoisotopic (exact) mass is 279 g/mol. The molecule has 0 fully saturated rings. The first kappa shape index (κ1) is 13.2.